The molecule has 0 amide bonds. The predicted octanol–water partition coefficient (Wildman–Crippen LogP) is 0.326. The Morgan fingerprint density at radius 1 is 1.12 bits per heavy atom. The van der Waals surface area contributed by atoms with Crippen LogP contribution in [-0.4, -0.2) is 80.6 Å². The quantitative estimate of drug-likeness (QED) is 0.495. The van der Waals surface area contributed by atoms with Gasteiger partial charge in [-0.15, -0.1) is 0 Å². The molecule has 0 bridgehead atoms. The normalized spacial score (nSPS) is 35.8. The second-order valence-corrected chi connectivity index (χ2v) is 5.91. The van der Waals surface area contributed by atoms with E-state index in [4.69, 9.17) is 9.47 Å². The molecule has 0 aliphatic carbocycles. The van der Waals surface area contributed by atoms with Crippen molar-refractivity contribution < 1.29 is 14.0 Å². The number of piperazine rings is 1. The summed E-state index contributed by atoms with van der Waals surface area (Å²) in [6.07, 6.45) is 2.41. The van der Waals surface area contributed by atoms with E-state index in [-0.39, 0.29) is 0 Å². The summed E-state index contributed by atoms with van der Waals surface area (Å²) >= 11 is 0. The van der Waals surface area contributed by atoms with Crippen molar-refractivity contribution in [2.75, 3.05) is 59.0 Å². The minimum Gasteiger partial charge on any atom is -0.372 e. The third-order valence-electron chi connectivity index (χ3n) is 4.34. The molecular weight excluding hydrogens is 216 g/mol. The largest absolute Gasteiger partial charge is 0.372 e. The van der Waals surface area contributed by atoms with Crippen LogP contribution >= 0.6 is 0 Å². The molecule has 0 spiro atoms. The molecule has 0 aromatic carbocycles. The Bertz CT molecular complexity index is 256. The van der Waals surface area contributed by atoms with Crippen LogP contribution in [0.5, 0.6) is 0 Å². The molecule has 4 nitrogen and oxygen atoms in total. The fraction of sp³-hybridized carbons (Fsp3) is 1.00. The average molecular weight is 241 g/mol. The molecule has 2 unspecified atom stereocenters. The van der Waals surface area contributed by atoms with E-state index in [1.165, 1.54) is 50.2 Å². The first-order chi connectivity index (χ1) is 8.30. The van der Waals surface area contributed by atoms with Crippen molar-refractivity contribution in [3.8, 4) is 0 Å². The van der Waals surface area contributed by atoms with Gasteiger partial charge in [0.1, 0.15) is 12.6 Å². The molecule has 0 aromatic rings. The second-order valence-electron chi connectivity index (χ2n) is 5.91. The van der Waals surface area contributed by atoms with E-state index in [2.05, 4.69) is 11.8 Å². The molecule has 3 fully saturated rings. The van der Waals surface area contributed by atoms with Crippen LogP contribution in [0.25, 0.3) is 0 Å². The predicted molar refractivity (Wildman–Crippen MR) is 65.9 cm³/mol. The van der Waals surface area contributed by atoms with Gasteiger partial charge in [-0.3, -0.25) is 4.90 Å². The fourth-order valence-electron chi connectivity index (χ4n) is 3.15. The molecule has 3 rings (SSSR count). The Balaban J connectivity index is 1.50. The van der Waals surface area contributed by atoms with E-state index < -0.39 is 0 Å². The Labute approximate surface area is 104 Å². The lowest BCUT2D eigenvalue weighted by Gasteiger charge is -2.44. The molecule has 17 heavy (non-hydrogen) atoms. The van der Waals surface area contributed by atoms with E-state index in [0.29, 0.717) is 12.2 Å². The number of rotatable bonds is 6. The van der Waals surface area contributed by atoms with Crippen molar-refractivity contribution in [3.05, 3.63) is 0 Å². The first-order valence-electron chi connectivity index (χ1n) is 7.10. The number of quaternary nitrogens is 1. The zero-order valence-electron chi connectivity index (χ0n) is 10.9. The van der Waals surface area contributed by atoms with Crippen molar-refractivity contribution in [2.24, 2.45) is 0 Å². The zero-order chi connectivity index (χ0) is 11.7. The molecule has 0 radical (unpaired) electrons. The Morgan fingerprint density at radius 2 is 1.76 bits per heavy atom. The van der Waals surface area contributed by atoms with Crippen LogP contribution in [0.1, 0.15) is 13.3 Å². The van der Waals surface area contributed by atoms with Crippen LogP contribution in [0, 0.1) is 0 Å². The zero-order valence-corrected chi connectivity index (χ0v) is 10.9. The summed E-state index contributed by atoms with van der Waals surface area (Å²) in [5.74, 6) is 0. The molecule has 3 aliphatic rings. The first kappa shape index (κ1) is 11.9. The minimum absolute atomic E-state index is 0.549. The summed E-state index contributed by atoms with van der Waals surface area (Å²) in [4.78, 5) is 2.58. The maximum absolute atomic E-state index is 5.43. The van der Waals surface area contributed by atoms with Crippen LogP contribution < -0.4 is 0 Å². The van der Waals surface area contributed by atoms with Crippen molar-refractivity contribution in [3.63, 3.8) is 0 Å². The van der Waals surface area contributed by atoms with E-state index in [1.54, 1.807) is 0 Å². The number of nitrogens with zero attached hydrogens (tertiary/aromatic N) is 2. The smallest absolute Gasteiger partial charge is 0.130 e. The van der Waals surface area contributed by atoms with Crippen LogP contribution in [0.3, 0.4) is 0 Å². The molecule has 2 atom stereocenters. The summed E-state index contributed by atoms with van der Waals surface area (Å²) in [5, 5.41) is 0. The molecular formula is C13H25N2O2+. The van der Waals surface area contributed by atoms with Crippen LogP contribution in [-0.2, 0) is 9.47 Å². The van der Waals surface area contributed by atoms with Crippen LogP contribution in [0.15, 0.2) is 0 Å². The van der Waals surface area contributed by atoms with Gasteiger partial charge in [-0.1, -0.05) is 6.92 Å². The van der Waals surface area contributed by atoms with Gasteiger partial charge < -0.3 is 14.0 Å². The second kappa shape index (κ2) is 4.84. The van der Waals surface area contributed by atoms with E-state index >= 15 is 0 Å². The van der Waals surface area contributed by atoms with Gasteiger partial charge >= 0.3 is 0 Å². The molecule has 0 saturated carbocycles. The topological polar surface area (TPSA) is 28.3 Å². The highest BCUT2D eigenvalue weighted by atomic mass is 16.6. The number of hydrogen-bond acceptors (Lipinski definition) is 3. The third-order valence-corrected chi connectivity index (χ3v) is 4.34. The highest BCUT2D eigenvalue weighted by Gasteiger charge is 2.39. The number of hydrogen-bond donors (Lipinski definition) is 0. The summed E-state index contributed by atoms with van der Waals surface area (Å²) in [6.45, 7) is 13.1. The Morgan fingerprint density at radius 3 is 2.29 bits per heavy atom. The standard InChI is InChI=1S/C13H25N2O2/c1-2-5-15(9-13-11-17-13)6-3-14(4-7-15)8-12-10-16-12/h12-13H,2-11H2,1H3/q+1. The van der Waals surface area contributed by atoms with Gasteiger partial charge in [0.25, 0.3) is 0 Å². The summed E-state index contributed by atoms with van der Waals surface area (Å²) in [7, 11) is 0. The monoisotopic (exact) mass is 241 g/mol. The Kier molecular flexibility index (Phi) is 3.39. The van der Waals surface area contributed by atoms with Gasteiger partial charge in [0.15, 0.2) is 0 Å². The van der Waals surface area contributed by atoms with Gasteiger partial charge in [-0.25, -0.2) is 0 Å². The van der Waals surface area contributed by atoms with Gasteiger partial charge in [-0.2, -0.15) is 0 Å². The first-order valence-corrected chi connectivity index (χ1v) is 7.10. The molecule has 4 heteroatoms. The maximum atomic E-state index is 5.43. The Hall–Kier alpha value is -0.160. The van der Waals surface area contributed by atoms with Crippen LogP contribution in [0.4, 0.5) is 0 Å². The third kappa shape index (κ3) is 3.19. The summed E-state index contributed by atoms with van der Waals surface area (Å²) in [6, 6.07) is 0. The van der Waals surface area contributed by atoms with Crippen molar-refractivity contribution >= 4 is 0 Å². The molecule has 0 N–H and O–H groups in total. The average Bonchev–Trinajstić information content (AvgIpc) is 3.18. The lowest BCUT2D eigenvalue weighted by atomic mass is 10.2. The summed E-state index contributed by atoms with van der Waals surface area (Å²) < 4.78 is 12.0. The van der Waals surface area contributed by atoms with Crippen molar-refractivity contribution in [2.45, 2.75) is 25.6 Å². The summed E-state index contributed by atoms with van der Waals surface area (Å²) in [5.41, 5.74) is 0. The van der Waals surface area contributed by atoms with Crippen LogP contribution in [0.2, 0.25) is 0 Å². The van der Waals surface area contributed by atoms with Gasteiger partial charge in [0.2, 0.25) is 0 Å². The van der Waals surface area contributed by atoms with Gasteiger partial charge in [-0.05, 0) is 6.42 Å². The SMILES string of the molecule is CCC[N+]1(CC2CO2)CCN(CC2CO2)CC1. The van der Waals surface area contributed by atoms with Gasteiger partial charge in [0.05, 0.1) is 39.0 Å². The van der Waals surface area contributed by atoms with Crippen molar-refractivity contribution in [1.29, 1.82) is 0 Å². The molecule has 98 valence electrons. The molecule has 3 saturated heterocycles. The molecule has 3 heterocycles. The highest BCUT2D eigenvalue weighted by molar-refractivity contribution is 4.77. The number of ether oxygens (including phenoxy) is 2. The minimum atomic E-state index is 0.549. The van der Waals surface area contributed by atoms with Crippen molar-refractivity contribution in [1.82, 2.24) is 4.90 Å². The number of epoxide rings is 2. The van der Waals surface area contributed by atoms with E-state index in [1.807, 2.05) is 0 Å². The lowest BCUT2D eigenvalue weighted by Crippen LogP contribution is -2.61. The lowest BCUT2D eigenvalue weighted by molar-refractivity contribution is -0.932. The van der Waals surface area contributed by atoms with E-state index in [9.17, 15) is 0 Å². The van der Waals surface area contributed by atoms with E-state index in [0.717, 1.165) is 19.8 Å². The molecule has 0 aromatic heterocycles. The highest BCUT2D eigenvalue weighted by Crippen LogP contribution is 2.22. The molecule has 3 aliphatic heterocycles. The van der Waals surface area contributed by atoms with Gasteiger partial charge in [0, 0.05) is 19.6 Å². The maximum Gasteiger partial charge on any atom is 0.130 e. The fourth-order valence-corrected chi connectivity index (χ4v) is 3.15.